The largest absolute Gasteiger partial charge is 0.361 e. The Morgan fingerprint density at radius 2 is 2.50 bits per heavy atom. The van der Waals surface area contributed by atoms with E-state index in [0.29, 0.717) is 12.1 Å². The van der Waals surface area contributed by atoms with Gasteiger partial charge in [-0.15, -0.1) is 0 Å². The highest BCUT2D eigenvalue weighted by Crippen LogP contribution is 2.16. The van der Waals surface area contributed by atoms with Gasteiger partial charge in [-0.3, -0.25) is 4.99 Å². The highest BCUT2D eigenvalue weighted by Gasteiger charge is 2.14. The van der Waals surface area contributed by atoms with Gasteiger partial charge in [0, 0.05) is 17.5 Å². The molecule has 0 aromatic rings. The highest BCUT2D eigenvalue weighted by molar-refractivity contribution is 8.13. The van der Waals surface area contributed by atoms with Gasteiger partial charge >= 0.3 is 0 Å². The quantitative estimate of drug-likeness (QED) is 0.806. The van der Waals surface area contributed by atoms with Crippen molar-refractivity contribution in [3.8, 4) is 0 Å². The Bertz CT molecular complexity index is 195. The normalized spacial score (nSPS) is 24.2. The van der Waals surface area contributed by atoms with Crippen molar-refractivity contribution < 1.29 is 0 Å². The fourth-order valence-corrected chi connectivity index (χ4v) is 3.22. The van der Waals surface area contributed by atoms with E-state index in [0.717, 1.165) is 5.17 Å². The van der Waals surface area contributed by atoms with E-state index in [1.165, 1.54) is 24.3 Å². The number of hydrogen-bond donors (Lipinski definition) is 1. The summed E-state index contributed by atoms with van der Waals surface area (Å²) in [6.45, 7) is 4.42. The van der Waals surface area contributed by atoms with Gasteiger partial charge in [0.1, 0.15) is 0 Å². The first-order valence-electron chi connectivity index (χ1n) is 5.22. The summed E-state index contributed by atoms with van der Waals surface area (Å²) >= 11 is 3.76. The zero-order valence-corrected chi connectivity index (χ0v) is 10.9. The smallest absolute Gasteiger partial charge is 0.157 e. The summed E-state index contributed by atoms with van der Waals surface area (Å²) < 4.78 is 0. The van der Waals surface area contributed by atoms with Gasteiger partial charge in [-0.25, -0.2) is 0 Å². The number of nitrogens with zero attached hydrogens (tertiary/aromatic N) is 1. The van der Waals surface area contributed by atoms with Gasteiger partial charge in [-0.05, 0) is 26.0 Å². The monoisotopic (exact) mass is 232 g/mol. The third-order valence-corrected chi connectivity index (χ3v) is 3.97. The average Bonchev–Trinajstić information content (AvgIpc) is 2.17. The van der Waals surface area contributed by atoms with Crippen molar-refractivity contribution in [3.63, 3.8) is 0 Å². The molecule has 0 amide bonds. The molecule has 1 aliphatic heterocycles. The molecule has 1 heterocycles. The second-order valence-corrected chi connectivity index (χ2v) is 5.62. The van der Waals surface area contributed by atoms with Crippen LogP contribution in [0.2, 0.25) is 0 Å². The molecule has 0 aliphatic carbocycles. The third kappa shape index (κ3) is 4.13. The first-order valence-corrected chi connectivity index (χ1v) is 7.60. The predicted molar refractivity (Wildman–Crippen MR) is 69.6 cm³/mol. The Labute approximate surface area is 95.7 Å². The first kappa shape index (κ1) is 12.2. The lowest BCUT2D eigenvalue weighted by Crippen LogP contribution is -2.36. The van der Waals surface area contributed by atoms with E-state index in [9.17, 15) is 0 Å². The molecule has 1 rings (SSSR count). The molecule has 0 saturated heterocycles. The van der Waals surface area contributed by atoms with Gasteiger partial charge in [0.25, 0.3) is 0 Å². The van der Waals surface area contributed by atoms with Crippen molar-refractivity contribution in [2.24, 2.45) is 4.99 Å². The van der Waals surface area contributed by atoms with Crippen LogP contribution < -0.4 is 5.32 Å². The second-order valence-electron chi connectivity index (χ2n) is 3.63. The van der Waals surface area contributed by atoms with Crippen LogP contribution in [0.1, 0.15) is 26.7 Å². The molecular formula is C10H20N2S2. The number of rotatable bonds is 4. The topological polar surface area (TPSA) is 24.4 Å². The molecule has 0 fully saturated rings. The first-order chi connectivity index (χ1) is 6.76. The average molecular weight is 232 g/mol. The molecule has 0 bridgehead atoms. The zero-order valence-electron chi connectivity index (χ0n) is 9.25. The van der Waals surface area contributed by atoms with Crippen LogP contribution in [0.25, 0.3) is 0 Å². The van der Waals surface area contributed by atoms with Crippen LogP contribution in [-0.4, -0.2) is 35.0 Å². The summed E-state index contributed by atoms with van der Waals surface area (Å²) in [6, 6.07) is 1.09. The molecule has 2 unspecified atom stereocenters. The third-order valence-electron chi connectivity index (χ3n) is 2.30. The van der Waals surface area contributed by atoms with Crippen LogP contribution >= 0.6 is 23.5 Å². The molecule has 2 atom stereocenters. The summed E-state index contributed by atoms with van der Waals surface area (Å²) in [5.74, 6) is 2.38. The van der Waals surface area contributed by atoms with Crippen molar-refractivity contribution in [3.05, 3.63) is 0 Å². The summed E-state index contributed by atoms with van der Waals surface area (Å²) in [5, 5.41) is 4.69. The minimum absolute atomic E-state index is 0.505. The van der Waals surface area contributed by atoms with Crippen LogP contribution in [0.4, 0.5) is 0 Å². The van der Waals surface area contributed by atoms with Crippen LogP contribution in [-0.2, 0) is 0 Å². The van der Waals surface area contributed by atoms with Gasteiger partial charge < -0.3 is 5.32 Å². The predicted octanol–water partition coefficient (Wildman–Crippen LogP) is 2.60. The molecule has 2 nitrogen and oxygen atoms in total. The Hall–Kier alpha value is 0.170. The lowest BCUT2D eigenvalue weighted by Gasteiger charge is -2.22. The molecule has 0 aromatic carbocycles. The molecule has 1 N–H and O–H groups in total. The van der Waals surface area contributed by atoms with E-state index >= 15 is 0 Å². The molecule has 0 radical (unpaired) electrons. The lowest BCUT2D eigenvalue weighted by molar-refractivity contribution is 0.642. The van der Waals surface area contributed by atoms with Crippen molar-refractivity contribution in [1.29, 1.82) is 0 Å². The SMILES string of the molecule is CCC(CSC)NC1=NC(C)CCS1. The van der Waals surface area contributed by atoms with Crippen LogP contribution in [0.5, 0.6) is 0 Å². The van der Waals surface area contributed by atoms with Gasteiger partial charge in [0.15, 0.2) is 5.17 Å². The van der Waals surface area contributed by atoms with E-state index in [1.807, 2.05) is 23.5 Å². The fraction of sp³-hybridized carbons (Fsp3) is 0.900. The molecule has 0 aromatic heterocycles. The standard InChI is InChI=1S/C10H20N2S2/c1-4-9(7-13-3)12-10-11-8(2)5-6-14-10/h8-9H,4-7H2,1-3H3,(H,11,12). The second kappa shape index (κ2) is 6.62. The van der Waals surface area contributed by atoms with Crippen molar-refractivity contribution in [2.75, 3.05) is 17.8 Å². The Morgan fingerprint density at radius 3 is 3.07 bits per heavy atom. The lowest BCUT2D eigenvalue weighted by atomic mass is 10.2. The van der Waals surface area contributed by atoms with Gasteiger partial charge in [0.05, 0.1) is 6.04 Å². The summed E-state index contributed by atoms with van der Waals surface area (Å²) in [4.78, 5) is 4.61. The zero-order chi connectivity index (χ0) is 10.4. The number of hydrogen-bond acceptors (Lipinski definition) is 4. The maximum atomic E-state index is 4.61. The maximum absolute atomic E-state index is 4.61. The molecule has 0 saturated carbocycles. The van der Waals surface area contributed by atoms with E-state index < -0.39 is 0 Å². The van der Waals surface area contributed by atoms with E-state index in [2.05, 4.69) is 30.4 Å². The van der Waals surface area contributed by atoms with Crippen molar-refractivity contribution in [1.82, 2.24) is 5.32 Å². The Balaban J connectivity index is 2.40. The Kier molecular flexibility index (Phi) is 5.78. The van der Waals surface area contributed by atoms with Gasteiger partial charge in [0.2, 0.25) is 0 Å². The van der Waals surface area contributed by atoms with E-state index in [-0.39, 0.29) is 0 Å². The van der Waals surface area contributed by atoms with Crippen LogP contribution in [0.3, 0.4) is 0 Å². The molecular weight excluding hydrogens is 212 g/mol. The number of nitrogens with one attached hydrogen (secondary N) is 1. The molecule has 14 heavy (non-hydrogen) atoms. The van der Waals surface area contributed by atoms with E-state index in [4.69, 9.17) is 0 Å². The summed E-state index contributed by atoms with van der Waals surface area (Å²) in [6.07, 6.45) is 4.55. The van der Waals surface area contributed by atoms with Gasteiger partial charge in [-0.1, -0.05) is 18.7 Å². The summed E-state index contributed by atoms with van der Waals surface area (Å²) in [7, 11) is 0. The molecule has 0 spiro atoms. The molecule has 1 aliphatic rings. The maximum Gasteiger partial charge on any atom is 0.157 e. The van der Waals surface area contributed by atoms with Crippen molar-refractivity contribution in [2.45, 2.75) is 38.8 Å². The fourth-order valence-electron chi connectivity index (χ4n) is 1.34. The summed E-state index contributed by atoms with van der Waals surface area (Å²) in [5.41, 5.74) is 0. The van der Waals surface area contributed by atoms with Crippen LogP contribution in [0.15, 0.2) is 4.99 Å². The number of aliphatic imine (C=N–C) groups is 1. The van der Waals surface area contributed by atoms with Crippen molar-refractivity contribution >= 4 is 28.7 Å². The van der Waals surface area contributed by atoms with E-state index in [1.54, 1.807) is 0 Å². The molecule has 82 valence electrons. The van der Waals surface area contributed by atoms with Gasteiger partial charge in [-0.2, -0.15) is 11.8 Å². The highest BCUT2D eigenvalue weighted by atomic mass is 32.2. The Morgan fingerprint density at radius 1 is 1.71 bits per heavy atom. The molecule has 4 heteroatoms. The number of thioether (sulfide) groups is 2. The number of amidine groups is 1. The van der Waals surface area contributed by atoms with Crippen LogP contribution in [0, 0.1) is 0 Å². The minimum Gasteiger partial charge on any atom is -0.361 e. The minimum atomic E-state index is 0.505.